The van der Waals surface area contributed by atoms with Crippen molar-refractivity contribution < 1.29 is 0 Å². The fourth-order valence-corrected chi connectivity index (χ4v) is 2.83. The second kappa shape index (κ2) is 5.24. The molecule has 0 atom stereocenters. The largest absolute Gasteiger partial charge is 0.306 e. The Bertz CT molecular complexity index is 539. The summed E-state index contributed by atoms with van der Waals surface area (Å²) in [7, 11) is 0. The maximum atomic E-state index is 5.76. The summed E-state index contributed by atoms with van der Waals surface area (Å²) < 4.78 is 2.18. The van der Waals surface area contributed by atoms with Gasteiger partial charge in [-0.2, -0.15) is 0 Å². The number of aryl methyl sites for hydroxylation is 1. The van der Waals surface area contributed by atoms with E-state index in [1.165, 1.54) is 31.0 Å². The van der Waals surface area contributed by atoms with Crippen LogP contribution in [0.15, 0.2) is 22.7 Å². The minimum absolute atomic E-state index is 0.541. The molecule has 0 radical (unpaired) electrons. The highest BCUT2D eigenvalue weighted by Crippen LogP contribution is 2.26. The summed E-state index contributed by atoms with van der Waals surface area (Å²) >= 11 is 7.20. The van der Waals surface area contributed by atoms with Crippen LogP contribution in [-0.2, 0) is 13.0 Å². The molecule has 0 aromatic carbocycles. The molecule has 0 amide bonds. The number of fused-ring (bicyclic) bond motifs is 1. The van der Waals surface area contributed by atoms with Gasteiger partial charge in [0, 0.05) is 13.0 Å². The molecule has 0 saturated carbocycles. The van der Waals surface area contributed by atoms with Gasteiger partial charge in [-0.15, -0.1) is 10.2 Å². The van der Waals surface area contributed by atoms with Crippen molar-refractivity contribution in [2.45, 2.75) is 42.5 Å². The molecular formula is C11H12ClN5S. The van der Waals surface area contributed by atoms with Crippen molar-refractivity contribution in [2.75, 3.05) is 0 Å². The summed E-state index contributed by atoms with van der Waals surface area (Å²) in [6, 6.07) is 0. The quantitative estimate of drug-likeness (QED) is 0.792. The highest BCUT2D eigenvalue weighted by Gasteiger charge is 2.16. The summed E-state index contributed by atoms with van der Waals surface area (Å²) in [5.41, 5.74) is 0. The van der Waals surface area contributed by atoms with Crippen LogP contribution in [0.1, 0.15) is 25.1 Å². The summed E-state index contributed by atoms with van der Waals surface area (Å²) in [5, 5.41) is 10.5. The SMILES string of the molecule is Clc1cnc(Sc2nnc3n2CCCCC3)nc1. The lowest BCUT2D eigenvalue weighted by atomic mass is 10.2. The van der Waals surface area contributed by atoms with Crippen molar-refractivity contribution in [3.63, 3.8) is 0 Å². The van der Waals surface area contributed by atoms with Gasteiger partial charge in [-0.1, -0.05) is 18.0 Å². The second-order valence-electron chi connectivity index (χ2n) is 4.15. The molecule has 7 heteroatoms. The van der Waals surface area contributed by atoms with Gasteiger partial charge in [0.15, 0.2) is 10.3 Å². The van der Waals surface area contributed by atoms with E-state index >= 15 is 0 Å². The zero-order valence-electron chi connectivity index (χ0n) is 9.71. The van der Waals surface area contributed by atoms with Gasteiger partial charge in [0.05, 0.1) is 17.4 Å². The standard InChI is InChI=1S/C11H12ClN5S/c12-8-6-13-10(14-7-8)18-11-16-15-9-4-2-1-3-5-17(9)11/h6-7H,1-5H2. The highest BCUT2D eigenvalue weighted by molar-refractivity contribution is 7.99. The molecule has 1 aliphatic heterocycles. The Morgan fingerprint density at radius 3 is 2.78 bits per heavy atom. The molecule has 0 N–H and O–H groups in total. The lowest BCUT2D eigenvalue weighted by molar-refractivity contribution is 0.590. The lowest BCUT2D eigenvalue weighted by Gasteiger charge is -2.05. The Kier molecular flexibility index (Phi) is 3.47. The third-order valence-corrected chi connectivity index (χ3v) is 3.93. The van der Waals surface area contributed by atoms with Crippen molar-refractivity contribution in [1.82, 2.24) is 24.7 Å². The number of halogens is 1. The summed E-state index contributed by atoms with van der Waals surface area (Å²) in [4.78, 5) is 8.33. The van der Waals surface area contributed by atoms with Crippen LogP contribution in [0.5, 0.6) is 0 Å². The number of hydrogen-bond donors (Lipinski definition) is 0. The summed E-state index contributed by atoms with van der Waals surface area (Å²) in [6.07, 6.45) is 7.83. The number of rotatable bonds is 2. The molecule has 2 aromatic heterocycles. The molecule has 0 bridgehead atoms. The Morgan fingerprint density at radius 1 is 1.11 bits per heavy atom. The first kappa shape index (κ1) is 11.9. The average Bonchev–Trinajstić information content (AvgIpc) is 2.62. The van der Waals surface area contributed by atoms with Gasteiger partial charge in [0.2, 0.25) is 0 Å². The van der Waals surface area contributed by atoms with Gasteiger partial charge in [0.1, 0.15) is 5.82 Å². The third kappa shape index (κ3) is 2.49. The topological polar surface area (TPSA) is 56.5 Å². The Hall–Kier alpha value is -1.14. The van der Waals surface area contributed by atoms with Gasteiger partial charge >= 0.3 is 0 Å². The average molecular weight is 282 g/mol. The molecule has 0 saturated heterocycles. The van der Waals surface area contributed by atoms with Crippen molar-refractivity contribution in [2.24, 2.45) is 0 Å². The highest BCUT2D eigenvalue weighted by atomic mass is 35.5. The van der Waals surface area contributed by atoms with Gasteiger partial charge in [-0.25, -0.2) is 9.97 Å². The van der Waals surface area contributed by atoms with E-state index in [9.17, 15) is 0 Å². The van der Waals surface area contributed by atoms with Crippen molar-refractivity contribution in [1.29, 1.82) is 0 Å². The molecule has 18 heavy (non-hydrogen) atoms. The summed E-state index contributed by atoms with van der Waals surface area (Å²) in [6.45, 7) is 0.984. The van der Waals surface area contributed by atoms with Crippen LogP contribution < -0.4 is 0 Å². The van der Waals surface area contributed by atoms with E-state index in [4.69, 9.17) is 11.6 Å². The van der Waals surface area contributed by atoms with Gasteiger partial charge in [0.25, 0.3) is 0 Å². The zero-order valence-corrected chi connectivity index (χ0v) is 11.3. The van der Waals surface area contributed by atoms with Crippen LogP contribution in [0.25, 0.3) is 0 Å². The monoisotopic (exact) mass is 281 g/mol. The molecule has 3 rings (SSSR count). The molecule has 0 spiro atoms. The third-order valence-electron chi connectivity index (χ3n) is 2.85. The predicted octanol–water partition coefficient (Wildman–Crippen LogP) is 2.60. The van der Waals surface area contributed by atoms with Crippen molar-refractivity contribution >= 4 is 23.4 Å². The van der Waals surface area contributed by atoms with Crippen LogP contribution in [-0.4, -0.2) is 24.7 Å². The number of nitrogens with zero attached hydrogens (tertiary/aromatic N) is 5. The Labute approximate surface area is 114 Å². The molecule has 2 aromatic rings. The van der Waals surface area contributed by atoms with E-state index in [-0.39, 0.29) is 0 Å². The number of hydrogen-bond acceptors (Lipinski definition) is 5. The maximum absolute atomic E-state index is 5.76. The minimum atomic E-state index is 0.541. The summed E-state index contributed by atoms with van der Waals surface area (Å²) in [5.74, 6) is 1.07. The van der Waals surface area contributed by atoms with Crippen LogP contribution >= 0.6 is 23.4 Å². The molecule has 0 unspecified atom stereocenters. The molecule has 1 aliphatic rings. The van der Waals surface area contributed by atoms with Crippen LogP contribution in [0, 0.1) is 0 Å². The van der Waals surface area contributed by atoms with Gasteiger partial charge in [-0.05, 0) is 24.6 Å². The minimum Gasteiger partial charge on any atom is -0.306 e. The van der Waals surface area contributed by atoms with Crippen LogP contribution in [0.2, 0.25) is 5.02 Å². The normalized spacial score (nSPS) is 15.2. The first-order valence-electron chi connectivity index (χ1n) is 5.90. The molecule has 94 valence electrons. The molecular weight excluding hydrogens is 270 g/mol. The predicted molar refractivity (Wildman–Crippen MR) is 68.7 cm³/mol. The Morgan fingerprint density at radius 2 is 1.94 bits per heavy atom. The van der Waals surface area contributed by atoms with E-state index < -0.39 is 0 Å². The molecule has 0 aliphatic carbocycles. The van der Waals surface area contributed by atoms with Crippen molar-refractivity contribution in [3.8, 4) is 0 Å². The van der Waals surface area contributed by atoms with E-state index in [0.29, 0.717) is 10.2 Å². The molecule has 0 fully saturated rings. The van der Waals surface area contributed by atoms with E-state index in [1.54, 1.807) is 12.4 Å². The first-order chi connectivity index (χ1) is 8.83. The smallest absolute Gasteiger partial charge is 0.199 e. The zero-order chi connectivity index (χ0) is 12.4. The second-order valence-corrected chi connectivity index (χ2v) is 5.52. The maximum Gasteiger partial charge on any atom is 0.199 e. The fraction of sp³-hybridized carbons (Fsp3) is 0.455. The lowest BCUT2D eigenvalue weighted by Crippen LogP contribution is -2.02. The van der Waals surface area contributed by atoms with Crippen molar-refractivity contribution in [3.05, 3.63) is 23.2 Å². The molecule has 3 heterocycles. The Balaban J connectivity index is 1.84. The molecule has 5 nitrogen and oxygen atoms in total. The van der Waals surface area contributed by atoms with E-state index in [2.05, 4.69) is 24.7 Å². The van der Waals surface area contributed by atoms with Gasteiger partial charge in [-0.3, -0.25) is 0 Å². The van der Waals surface area contributed by atoms with E-state index in [1.807, 2.05) is 0 Å². The number of aromatic nitrogens is 5. The van der Waals surface area contributed by atoms with E-state index in [0.717, 1.165) is 23.9 Å². The fourth-order valence-electron chi connectivity index (χ4n) is 1.97. The first-order valence-corrected chi connectivity index (χ1v) is 7.10. The van der Waals surface area contributed by atoms with Crippen LogP contribution in [0.4, 0.5) is 0 Å². The van der Waals surface area contributed by atoms with Crippen LogP contribution in [0.3, 0.4) is 0 Å². The van der Waals surface area contributed by atoms with Gasteiger partial charge < -0.3 is 4.57 Å².